The second-order valence-corrected chi connectivity index (χ2v) is 7.97. The topological polar surface area (TPSA) is 79.3 Å². The van der Waals surface area contributed by atoms with Crippen molar-refractivity contribution in [2.45, 2.75) is 12.8 Å². The standard InChI is InChI=1S/C24H24F2N2O5/c1-32-19-8-5-15(10-20(19)33-2)21-22(27-9-3-4-14(12-27)13-29)24(31)28(23(21)30)18-7-6-16(25)11-17(18)26/h5-8,10-11,14,29H,3-4,9,12-13H2,1-2H3. The fraction of sp³-hybridized carbons (Fsp3) is 0.333. The van der Waals surface area contributed by atoms with E-state index in [9.17, 15) is 23.5 Å². The Hall–Kier alpha value is -3.46. The molecule has 1 unspecified atom stereocenters. The molecule has 2 amide bonds. The number of piperidine rings is 1. The second kappa shape index (κ2) is 9.19. The van der Waals surface area contributed by atoms with Gasteiger partial charge in [0, 0.05) is 25.8 Å². The van der Waals surface area contributed by atoms with E-state index in [4.69, 9.17) is 9.47 Å². The maximum atomic E-state index is 14.6. The van der Waals surface area contributed by atoms with Gasteiger partial charge in [-0.05, 0) is 48.6 Å². The first-order chi connectivity index (χ1) is 15.9. The molecule has 4 rings (SSSR count). The van der Waals surface area contributed by atoms with Crippen LogP contribution < -0.4 is 14.4 Å². The maximum absolute atomic E-state index is 14.6. The molecular weight excluding hydrogens is 434 g/mol. The van der Waals surface area contributed by atoms with Crippen LogP contribution in [-0.4, -0.2) is 55.7 Å². The number of ether oxygens (including phenoxy) is 2. The molecule has 1 saturated heterocycles. The first-order valence-corrected chi connectivity index (χ1v) is 10.6. The molecule has 2 heterocycles. The number of rotatable bonds is 6. The van der Waals surface area contributed by atoms with Crippen molar-refractivity contribution in [1.82, 2.24) is 4.90 Å². The zero-order chi connectivity index (χ0) is 23.7. The lowest BCUT2D eigenvalue weighted by Gasteiger charge is -2.34. The van der Waals surface area contributed by atoms with E-state index in [1.807, 2.05) is 0 Å². The lowest BCUT2D eigenvalue weighted by Crippen LogP contribution is -2.40. The molecule has 1 fully saturated rings. The number of methoxy groups -OCH3 is 2. The Kier molecular flexibility index (Phi) is 6.33. The molecule has 33 heavy (non-hydrogen) atoms. The normalized spacial score (nSPS) is 18.9. The van der Waals surface area contributed by atoms with Gasteiger partial charge in [0.1, 0.15) is 17.3 Å². The molecule has 2 aromatic rings. The molecule has 0 spiro atoms. The van der Waals surface area contributed by atoms with Crippen molar-refractivity contribution in [3.05, 3.63) is 59.3 Å². The van der Waals surface area contributed by atoms with Crippen LogP contribution in [0.15, 0.2) is 42.1 Å². The van der Waals surface area contributed by atoms with E-state index in [0.29, 0.717) is 36.2 Å². The van der Waals surface area contributed by atoms with Crippen molar-refractivity contribution in [3.8, 4) is 11.5 Å². The van der Waals surface area contributed by atoms with E-state index in [-0.39, 0.29) is 29.5 Å². The van der Waals surface area contributed by atoms with Crippen LogP contribution in [0.5, 0.6) is 11.5 Å². The van der Waals surface area contributed by atoms with Crippen molar-refractivity contribution in [2.24, 2.45) is 5.92 Å². The molecule has 9 heteroatoms. The number of hydrogen-bond acceptors (Lipinski definition) is 6. The van der Waals surface area contributed by atoms with E-state index in [2.05, 4.69) is 0 Å². The summed E-state index contributed by atoms with van der Waals surface area (Å²) in [5.41, 5.74) is 0.282. The number of amides is 2. The van der Waals surface area contributed by atoms with Gasteiger partial charge in [-0.2, -0.15) is 0 Å². The number of nitrogens with zero attached hydrogens (tertiary/aromatic N) is 2. The highest BCUT2D eigenvalue weighted by molar-refractivity contribution is 6.45. The van der Waals surface area contributed by atoms with Gasteiger partial charge < -0.3 is 19.5 Å². The van der Waals surface area contributed by atoms with Gasteiger partial charge in [0.2, 0.25) is 0 Å². The maximum Gasteiger partial charge on any atom is 0.282 e. The Morgan fingerprint density at radius 2 is 1.79 bits per heavy atom. The predicted octanol–water partition coefficient (Wildman–Crippen LogP) is 2.97. The number of anilines is 1. The van der Waals surface area contributed by atoms with Gasteiger partial charge in [0.15, 0.2) is 11.5 Å². The fourth-order valence-electron chi connectivity index (χ4n) is 4.36. The highest BCUT2D eigenvalue weighted by Crippen LogP contribution is 2.39. The summed E-state index contributed by atoms with van der Waals surface area (Å²) < 4.78 is 38.7. The third-order valence-corrected chi connectivity index (χ3v) is 5.98. The van der Waals surface area contributed by atoms with Crippen LogP contribution in [-0.2, 0) is 9.59 Å². The van der Waals surface area contributed by atoms with Crippen LogP contribution in [0.1, 0.15) is 18.4 Å². The molecule has 2 aliphatic heterocycles. The van der Waals surface area contributed by atoms with Gasteiger partial charge >= 0.3 is 0 Å². The van der Waals surface area contributed by atoms with Crippen LogP contribution in [0.4, 0.5) is 14.5 Å². The highest BCUT2D eigenvalue weighted by Gasteiger charge is 2.44. The van der Waals surface area contributed by atoms with E-state index in [0.717, 1.165) is 29.9 Å². The first-order valence-electron chi connectivity index (χ1n) is 10.6. The third kappa shape index (κ3) is 4.04. The molecule has 0 bridgehead atoms. The fourth-order valence-corrected chi connectivity index (χ4v) is 4.36. The second-order valence-electron chi connectivity index (χ2n) is 7.97. The molecule has 2 aromatic carbocycles. The molecule has 1 N–H and O–H groups in total. The first kappa shape index (κ1) is 22.7. The Labute approximate surface area is 189 Å². The molecule has 7 nitrogen and oxygen atoms in total. The highest BCUT2D eigenvalue weighted by atomic mass is 19.1. The molecule has 0 aliphatic carbocycles. The number of imide groups is 1. The molecule has 0 aromatic heterocycles. The van der Waals surface area contributed by atoms with Crippen molar-refractivity contribution in [2.75, 3.05) is 38.8 Å². The number of aliphatic hydroxyl groups is 1. The monoisotopic (exact) mass is 458 g/mol. The van der Waals surface area contributed by atoms with Crippen LogP contribution >= 0.6 is 0 Å². The smallest absolute Gasteiger partial charge is 0.282 e. The van der Waals surface area contributed by atoms with Crippen molar-refractivity contribution in [3.63, 3.8) is 0 Å². The lowest BCUT2D eigenvalue weighted by molar-refractivity contribution is -0.121. The molecular formula is C24H24F2N2O5. The number of likely N-dealkylation sites (tertiary alicyclic amines) is 1. The zero-order valence-electron chi connectivity index (χ0n) is 18.3. The van der Waals surface area contributed by atoms with Crippen LogP contribution in [0.2, 0.25) is 0 Å². The minimum atomic E-state index is -1.02. The summed E-state index contributed by atoms with van der Waals surface area (Å²) in [7, 11) is 2.93. The molecule has 0 saturated carbocycles. The van der Waals surface area contributed by atoms with Gasteiger partial charge in [-0.15, -0.1) is 0 Å². The van der Waals surface area contributed by atoms with Crippen LogP contribution in [0, 0.1) is 17.6 Å². The van der Waals surface area contributed by atoms with Gasteiger partial charge in [-0.1, -0.05) is 6.07 Å². The number of carbonyl (C=O) groups excluding carboxylic acids is 2. The van der Waals surface area contributed by atoms with E-state index < -0.39 is 23.4 Å². The summed E-state index contributed by atoms with van der Waals surface area (Å²) in [5, 5.41) is 9.65. The molecule has 1 atom stereocenters. The van der Waals surface area contributed by atoms with Crippen LogP contribution in [0.3, 0.4) is 0 Å². The summed E-state index contributed by atoms with van der Waals surface area (Å²) in [6.07, 6.45) is 1.52. The number of hydrogen-bond donors (Lipinski definition) is 1. The quantitative estimate of drug-likeness (QED) is 0.671. The summed E-state index contributed by atoms with van der Waals surface area (Å²) in [4.78, 5) is 29.6. The zero-order valence-corrected chi connectivity index (χ0v) is 18.3. The SMILES string of the molecule is COc1ccc(C2=C(N3CCCC(CO)C3)C(=O)N(c3ccc(F)cc3F)C2=O)cc1OC. The summed E-state index contributed by atoms with van der Waals surface area (Å²) in [6.45, 7) is 0.830. The van der Waals surface area contributed by atoms with Crippen molar-refractivity contribution < 1.29 is 33.0 Å². The number of benzene rings is 2. The van der Waals surface area contributed by atoms with Crippen molar-refractivity contribution in [1.29, 1.82) is 0 Å². The number of halogens is 2. The molecule has 0 radical (unpaired) electrons. The van der Waals surface area contributed by atoms with Gasteiger partial charge in [-0.3, -0.25) is 9.59 Å². The number of carbonyl (C=O) groups is 2. The van der Waals surface area contributed by atoms with Gasteiger partial charge in [0.05, 0.1) is 25.5 Å². The Morgan fingerprint density at radius 3 is 2.45 bits per heavy atom. The molecule has 2 aliphatic rings. The summed E-state index contributed by atoms with van der Waals surface area (Å²) in [5.74, 6) is -2.51. The largest absolute Gasteiger partial charge is 0.493 e. The average molecular weight is 458 g/mol. The molecule has 174 valence electrons. The minimum absolute atomic E-state index is 0.0477. The van der Waals surface area contributed by atoms with Gasteiger partial charge in [0.25, 0.3) is 11.8 Å². The summed E-state index contributed by atoms with van der Waals surface area (Å²) in [6, 6.07) is 7.52. The van der Waals surface area contributed by atoms with E-state index in [1.54, 1.807) is 23.1 Å². The Morgan fingerprint density at radius 1 is 1.03 bits per heavy atom. The third-order valence-electron chi connectivity index (χ3n) is 5.98. The van der Waals surface area contributed by atoms with E-state index in [1.165, 1.54) is 14.2 Å². The predicted molar refractivity (Wildman–Crippen MR) is 117 cm³/mol. The van der Waals surface area contributed by atoms with E-state index >= 15 is 0 Å². The minimum Gasteiger partial charge on any atom is -0.493 e. The van der Waals surface area contributed by atoms with Crippen molar-refractivity contribution >= 4 is 23.1 Å². The Bertz CT molecular complexity index is 1130. The lowest BCUT2D eigenvalue weighted by atomic mass is 9.96. The van der Waals surface area contributed by atoms with Gasteiger partial charge in [-0.25, -0.2) is 13.7 Å². The average Bonchev–Trinajstić information content (AvgIpc) is 3.08. The number of aliphatic hydroxyl groups excluding tert-OH is 1. The summed E-state index contributed by atoms with van der Waals surface area (Å²) >= 11 is 0. The Balaban J connectivity index is 1.86. The van der Waals surface area contributed by atoms with Crippen LogP contribution in [0.25, 0.3) is 5.57 Å².